The summed E-state index contributed by atoms with van der Waals surface area (Å²) >= 11 is 7.25. The largest absolute Gasteiger partial charge is 0.450 e. The van der Waals surface area contributed by atoms with E-state index in [-0.39, 0.29) is 22.6 Å². The number of hydrogen-bond acceptors (Lipinski definition) is 5. The van der Waals surface area contributed by atoms with Crippen molar-refractivity contribution >= 4 is 55.2 Å². The smallest absolute Gasteiger partial charge is 0.297 e. The predicted octanol–water partition coefficient (Wildman–Crippen LogP) is 5.95. The van der Waals surface area contributed by atoms with E-state index in [0.717, 1.165) is 0 Å². The Hall–Kier alpha value is -3.55. The van der Waals surface area contributed by atoms with Gasteiger partial charge in [-0.25, -0.2) is 9.37 Å². The van der Waals surface area contributed by atoms with E-state index < -0.39 is 11.9 Å². The Morgan fingerprint density at radius 3 is 2.62 bits per heavy atom. The number of thiazole rings is 1. The molecule has 3 aromatic carbocycles. The van der Waals surface area contributed by atoms with Gasteiger partial charge in [0.25, 0.3) is 5.91 Å². The van der Waals surface area contributed by atoms with Crippen LogP contribution in [0, 0.1) is 5.82 Å². The van der Waals surface area contributed by atoms with Crippen molar-refractivity contribution in [1.82, 2.24) is 4.98 Å². The number of fused-ring (bicyclic) bond motifs is 3. The topological polar surface area (TPSA) is 63.4 Å². The third kappa shape index (κ3) is 2.78. The van der Waals surface area contributed by atoms with Gasteiger partial charge in [-0.2, -0.15) is 0 Å². The highest BCUT2D eigenvalue weighted by atomic mass is 35.5. The van der Waals surface area contributed by atoms with Gasteiger partial charge in [0, 0.05) is 5.02 Å². The van der Waals surface area contributed by atoms with E-state index in [9.17, 15) is 14.0 Å². The van der Waals surface area contributed by atoms with Crippen molar-refractivity contribution in [1.29, 1.82) is 0 Å². The van der Waals surface area contributed by atoms with Gasteiger partial charge in [-0.15, -0.1) is 0 Å². The van der Waals surface area contributed by atoms with Gasteiger partial charge in [0.15, 0.2) is 10.6 Å². The number of para-hydroxylation sites is 1. The number of aromatic nitrogens is 1. The Bertz CT molecular complexity index is 1610. The highest BCUT2D eigenvalue weighted by Gasteiger charge is 2.45. The maximum atomic E-state index is 13.7. The van der Waals surface area contributed by atoms with Crippen molar-refractivity contribution in [3.05, 3.63) is 105 Å². The van der Waals surface area contributed by atoms with Gasteiger partial charge in [-0.05, 0) is 48.0 Å². The summed E-state index contributed by atoms with van der Waals surface area (Å²) in [5.41, 5.74) is 1.57. The first-order valence-corrected chi connectivity index (χ1v) is 10.9. The number of carbonyl (C=O) groups excluding carboxylic acids is 1. The van der Waals surface area contributed by atoms with E-state index in [1.54, 1.807) is 54.6 Å². The molecule has 5 nitrogen and oxygen atoms in total. The molecule has 0 aliphatic carbocycles. The molecule has 1 amide bonds. The Morgan fingerprint density at radius 2 is 1.81 bits per heavy atom. The SMILES string of the molecule is O=C1c2oc3ccccc3c(=O)c2C(c2ccc(Cl)cc2)N1c1nc2ccc(F)cc2s1. The first-order valence-electron chi connectivity index (χ1n) is 9.72. The fourth-order valence-corrected chi connectivity index (χ4v) is 5.21. The summed E-state index contributed by atoms with van der Waals surface area (Å²) in [4.78, 5) is 33.0. The zero-order chi connectivity index (χ0) is 22.0. The maximum Gasteiger partial charge on any atom is 0.297 e. The predicted molar refractivity (Wildman–Crippen MR) is 122 cm³/mol. The summed E-state index contributed by atoms with van der Waals surface area (Å²) in [5.74, 6) is -0.873. The lowest BCUT2D eigenvalue weighted by atomic mass is 9.99. The highest BCUT2D eigenvalue weighted by Crippen LogP contribution is 2.43. The number of benzene rings is 3. The fraction of sp³-hybridized carbons (Fsp3) is 0.0417. The lowest BCUT2D eigenvalue weighted by molar-refractivity contribution is 0.0971. The molecule has 1 aliphatic rings. The minimum absolute atomic E-state index is 0.0147. The van der Waals surface area contributed by atoms with Crippen molar-refractivity contribution in [2.45, 2.75) is 6.04 Å². The Labute approximate surface area is 189 Å². The standard InChI is InChI=1S/C24H12ClFN2O3S/c25-13-7-5-12(6-8-13)20-19-21(29)15-3-1-2-4-17(15)31-22(19)23(30)28(20)24-27-16-10-9-14(26)11-18(16)32-24/h1-11,20H. The molecular weight excluding hydrogens is 451 g/mol. The van der Waals surface area contributed by atoms with Gasteiger partial charge in [0.1, 0.15) is 11.4 Å². The van der Waals surface area contributed by atoms with Crippen LogP contribution in [-0.4, -0.2) is 10.9 Å². The number of halogens is 2. The van der Waals surface area contributed by atoms with Gasteiger partial charge >= 0.3 is 0 Å². The first-order chi connectivity index (χ1) is 15.5. The van der Waals surface area contributed by atoms with E-state index in [1.165, 1.54) is 28.4 Å². The molecule has 0 spiro atoms. The molecular formula is C24H12ClFN2O3S. The summed E-state index contributed by atoms with van der Waals surface area (Å²) in [5, 5.41) is 1.28. The van der Waals surface area contributed by atoms with Gasteiger partial charge in [-0.3, -0.25) is 14.5 Å². The maximum absolute atomic E-state index is 13.7. The van der Waals surface area contributed by atoms with E-state index in [1.807, 2.05) is 0 Å². The van der Waals surface area contributed by atoms with Gasteiger partial charge < -0.3 is 4.42 Å². The molecule has 1 unspecified atom stereocenters. The van der Waals surface area contributed by atoms with Crippen LogP contribution in [0.5, 0.6) is 0 Å². The average Bonchev–Trinajstić information content (AvgIpc) is 3.33. The van der Waals surface area contributed by atoms with Gasteiger partial charge in [0.2, 0.25) is 5.76 Å². The second-order valence-electron chi connectivity index (χ2n) is 7.41. The summed E-state index contributed by atoms with van der Waals surface area (Å²) in [6, 6.07) is 17.3. The quantitative estimate of drug-likeness (QED) is 0.325. The fourth-order valence-electron chi connectivity index (χ4n) is 4.07. The van der Waals surface area contributed by atoms with Crippen LogP contribution in [0.15, 0.2) is 75.9 Å². The highest BCUT2D eigenvalue weighted by molar-refractivity contribution is 7.22. The minimum Gasteiger partial charge on any atom is -0.450 e. The molecule has 0 saturated heterocycles. The van der Waals surface area contributed by atoms with Gasteiger partial charge in [0.05, 0.1) is 27.2 Å². The van der Waals surface area contributed by atoms with Crippen LogP contribution in [0.4, 0.5) is 9.52 Å². The lowest BCUT2D eigenvalue weighted by Gasteiger charge is -2.22. The van der Waals surface area contributed by atoms with E-state index in [2.05, 4.69) is 4.98 Å². The van der Waals surface area contributed by atoms with Crippen molar-refractivity contribution in [3.8, 4) is 0 Å². The molecule has 5 aromatic rings. The molecule has 2 aromatic heterocycles. The van der Waals surface area contributed by atoms with Crippen molar-refractivity contribution < 1.29 is 13.6 Å². The van der Waals surface area contributed by atoms with Crippen molar-refractivity contribution in [2.24, 2.45) is 0 Å². The van der Waals surface area contributed by atoms with Crippen LogP contribution in [0.25, 0.3) is 21.2 Å². The first kappa shape index (κ1) is 19.2. The Morgan fingerprint density at radius 1 is 1.03 bits per heavy atom. The number of anilines is 1. The average molecular weight is 463 g/mol. The normalized spacial score (nSPS) is 15.6. The number of hydrogen-bond donors (Lipinski definition) is 0. The Kier molecular flexibility index (Phi) is 4.18. The number of nitrogens with zero attached hydrogens (tertiary/aromatic N) is 2. The van der Waals surface area contributed by atoms with Crippen LogP contribution in [0.2, 0.25) is 5.02 Å². The van der Waals surface area contributed by atoms with E-state index in [4.69, 9.17) is 16.0 Å². The molecule has 32 heavy (non-hydrogen) atoms. The third-order valence-corrected chi connectivity index (χ3v) is 6.78. The molecule has 1 aliphatic heterocycles. The molecule has 156 valence electrons. The van der Waals surface area contributed by atoms with E-state index >= 15 is 0 Å². The zero-order valence-electron chi connectivity index (χ0n) is 16.2. The monoisotopic (exact) mass is 462 g/mol. The summed E-state index contributed by atoms with van der Waals surface area (Å²) in [7, 11) is 0. The third-order valence-electron chi connectivity index (χ3n) is 5.51. The van der Waals surface area contributed by atoms with Crippen LogP contribution < -0.4 is 10.3 Å². The summed E-state index contributed by atoms with van der Waals surface area (Å²) in [6.07, 6.45) is 0. The van der Waals surface area contributed by atoms with Crippen molar-refractivity contribution in [2.75, 3.05) is 4.90 Å². The summed E-state index contributed by atoms with van der Waals surface area (Å²) < 4.78 is 20.3. The molecule has 3 heterocycles. The molecule has 0 fully saturated rings. The molecule has 0 N–H and O–H groups in total. The summed E-state index contributed by atoms with van der Waals surface area (Å²) in [6.45, 7) is 0. The minimum atomic E-state index is -0.749. The molecule has 1 atom stereocenters. The zero-order valence-corrected chi connectivity index (χ0v) is 17.8. The van der Waals surface area contributed by atoms with Crippen LogP contribution in [-0.2, 0) is 0 Å². The molecule has 8 heteroatoms. The van der Waals surface area contributed by atoms with Crippen LogP contribution in [0.3, 0.4) is 0 Å². The Balaban J connectivity index is 1.64. The lowest BCUT2D eigenvalue weighted by Crippen LogP contribution is -2.29. The van der Waals surface area contributed by atoms with E-state index in [0.29, 0.717) is 36.9 Å². The molecule has 0 radical (unpaired) electrons. The second kappa shape index (κ2) is 6.98. The van der Waals surface area contributed by atoms with Crippen LogP contribution in [0.1, 0.15) is 27.7 Å². The molecule has 6 rings (SSSR count). The molecule has 0 bridgehead atoms. The van der Waals surface area contributed by atoms with Crippen LogP contribution >= 0.6 is 22.9 Å². The number of carbonyl (C=O) groups is 1. The van der Waals surface area contributed by atoms with Gasteiger partial charge in [-0.1, -0.05) is 47.2 Å². The number of amides is 1. The van der Waals surface area contributed by atoms with Crippen molar-refractivity contribution in [3.63, 3.8) is 0 Å². The molecule has 0 saturated carbocycles. The number of rotatable bonds is 2. The second-order valence-corrected chi connectivity index (χ2v) is 8.85.